The largest absolute Gasteiger partial charge is 0.392 e. The molecule has 0 spiro atoms. The Morgan fingerprint density at radius 3 is 2.50 bits per heavy atom. The zero-order chi connectivity index (χ0) is 18.4. The van der Waals surface area contributed by atoms with Gasteiger partial charge in [-0.15, -0.1) is 0 Å². The summed E-state index contributed by atoms with van der Waals surface area (Å²) in [5, 5.41) is 20.8. The van der Waals surface area contributed by atoms with Crippen molar-refractivity contribution in [2.75, 3.05) is 6.61 Å². The fourth-order valence-electron chi connectivity index (χ4n) is 3.26. The molecule has 3 rings (SSSR count). The highest BCUT2D eigenvalue weighted by atomic mass is 16.6. The van der Waals surface area contributed by atoms with Crippen LogP contribution in [0.3, 0.4) is 0 Å². The second kappa shape index (κ2) is 8.08. The van der Waals surface area contributed by atoms with Crippen LogP contribution in [-0.4, -0.2) is 16.6 Å². The number of benzene rings is 2. The molecule has 0 fully saturated rings. The molecule has 0 amide bonds. The van der Waals surface area contributed by atoms with Crippen molar-refractivity contribution in [2.24, 2.45) is 0 Å². The third kappa shape index (κ3) is 3.90. The number of rotatable bonds is 7. The fraction of sp³-hybridized carbons (Fsp3) is 0.238. The van der Waals surface area contributed by atoms with E-state index in [2.05, 4.69) is 0 Å². The number of nitrogens with zero attached hydrogens (tertiary/aromatic N) is 1. The highest BCUT2D eigenvalue weighted by molar-refractivity contribution is 5.42. The number of ether oxygens (including phenoxy) is 1. The van der Waals surface area contributed by atoms with Crippen LogP contribution in [0.25, 0.3) is 0 Å². The lowest BCUT2D eigenvalue weighted by Crippen LogP contribution is -2.32. The molecule has 1 aliphatic carbocycles. The van der Waals surface area contributed by atoms with Gasteiger partial charge >= 0.3 is 0 Å². The molecule has 1 unspecified atom stereocenters. The molecule has 1 N–H and O–H groups in total. The number of allylic oxidation sites excluding steroid dienone is 2. The normalized spacial score (nSPS) is 19.2. The van der Waals surface area contributed by atoms with E-state index in [1.165, 1.54) is 6.08 Å². The molecule has 5 heteroatoms. The maximum atomic E-state index is 11.0. The van der Waals surface area contributed by atoms with Crippen LogP contribution in [0.5, 0.6) is 0 Å². The summed E-state index contributed by atoms with van der Waals surface area (Å²) in [4.78, 5) is 10.7. The monoisotopic (exact) mass is 351 g/mol. The third-order valence-electron chi connectivity index (χ3n) is 4.65. The molecule has 1 aliphatic rings. The first-order chi connectivity index (χ1) is 12.6. The van der Waals surface area contributed by atoms with Crippen LogP contribution in [0.4, 0.5) is 0 Å². The molecular weight excluding hydrogens is 330 g/mol. The summed E-state index contributed by atoms with van der Waals surface area (Å²) in [6.45, 7) is 0.747. The minimum atomic E-state index is -0.534. The van der Waals surface area contributed by atoms with Gasteiger partial charge in [-0.3, -0.25) is 10.1 Å². The maximum Gasteiger partial charge on any atom is 0.265 e. The third-order valence-corrected chi connectivity index (χ3v) is 4.65. The van der Waals surface area contributed by atoms with E-state index < -0.39 is 5.41 Å². The zero-order valence-corrected chi connectivity index (χ0v) is 14.4. The molecule has 2 aromatic rings. The van der Waals surface area contributed by atoms with E-state index in [9.17, 15) is 15.2 Å². The van der Waals surface area contributed by atoms with Gasteiger partial charge in [0.25, 0.3) is 5.70 Å². The Bertz CT molecular complexity index is 829. The van der Waals surface area contributed by atoms with Crippen molar-refractivity contribution in [1.29, 1.82) is 0 Å². The van der Waals surface area contributed by atoms with Gasteiger partial charge in [0.05, 0.1) is 24.7 Å². The average Bonchev–Trinajstić information content (AvgIpc) is 2.69. The van der Waals surface area contributed by atoms with Gasteiger partial charge in [0.1, 0.15) is 0 Å². The van der Waals surface area contributed by atoms with Crippen molar-refractivity contribution in [1.82, 2.24) is 0 Å². The summed E-state index contributed by atoms with van der Waals surface area (Å²) in [7, 11) is 0. The Kier molecular flexibility index (Phi) is 5.61. The van der Waals surface area contributed by atoms with Crippen LogP contribution < -0.4 is 0 Å². The van der Waals surface area contributed by atoms with Crippen LogP contribution in [0.15, 0.2) is 78.5 Å². The van der Waals surface area contributed by atoms with E-state index in [0.29, 0.717) is 19.6 Å². The van der Waals surface area contributed by atoms with Crippen LogP contribution in [0.1, 0.15) is 23.1 Å². The molecule has 0 saturated heterocycles. The number of aliphatic hydroxyl groups excluding tert-OH is 1. The second-order valence-electron chi connectivity index (χ2n) is 6.37. The summed E-state index contributed by atoms with van der Waals surface area (Å²) >= 11 is 0. The maximum absolute atomic E-state index is 11.0. The lowest BCUT2D eigenvalue weighted by Gasteiger charge is -2.33. The van der Waals surface area contributed by atoms with Crippen molar-refractivity contribution in [3.05, 3.63) is 105 Å². The molecule has 0 bridgehead atoms. The zero-order valence-electron chi connectivity index (χ0n) is 14.4. The standard InChI is InChI=1S/C21H21NO4/c23-14-18-8-4-5-9-20(18)21(12-10-19(11-13-21)22(24)25)16-26-15-17-6-2-1-3-7-17/h1-12,23H,13-16H2. The summed E-state index contributed by atoms with van der Waals surface area (Å²) in [5.74, 6) is 0. The van der Waals surface area contributed by atoms with Gasteiger partial charge < -0.3 is 9.84 Å². The predicted octanol–water partition coefficient (Wildman–Crippen LogP) is 3.75. The number of hydrogen-bond acceptors (Lipinski definition) is 4. The van der Waals surface area contributed by atoms with E-state index >= 15 is 0 Å². The van der Waals surface area contributed by atoms with Crippen molar-refractivity contribution in [3.63, 3.8) is 0 Å². The Labute approximate surface area is 152 Å². The van der Waals surface area contributed by atoms with Gasteiger partial charge in [0.15, 0.2) is 0 Å². The van der Waals surface area contributed by atoms with Gasteiger partial charge in [0.2, 0.25) is 0 Å². The smallest absolute Gasteiger partial charge is 0.265 e. The van der Waals surface area contributed by atoms with Crippen molar-refractivity contribution in [3.8, 4) is 0 Å². The van der Waals surface area contributed by atoms with Crippen LogP contribution >= 0.6 is 0 Å². The van der Waals surface area contributed by atoms with E-state index in [1.807, 2.05) is 60.7 Å². The first-order valence-electron chi connectivity index (χ1n) is 8.49. The summed E-state index contributed by atoms with van der Waals surface area (Å²) in [6.07, 6.45) is 5.44. The van der Waals surface area contributed by atoms with Crippen molar-refractivity contribution >= 4 is 0 Å². The van der Waals surface area contributed by atoms with Gasteiger partial charge in [-0.05, 0) is 29.2 Å². The molecule has 26 heavy (non-hydrogen) atoms. The highest BCUT2D eigenvalue weighted by Gasteiger charge is 2.34. The lowest BCUT2D eigenvalue weighted by molar-refractivity contribution is -0.419. The number of hydrogen-bond donors (Lipinski definition) is 1. The van der Waals surface area contributed by atoms with Crippen LogP contribution in [0, 0.1) is 10.1 Å². The molecule has 0 aliphatic heterocycles. The highest BCUT2D eigenvalue weighted by Crippen LogP contribution is 2.37. The van der Waals surface area contributed by atoms with Gasteiger partial charge in [0, 0.05) is 11.5 Å². The predicted molar refractivity (Wildman–Crippen MR) is 99.0 cm³/mol. The first-order valence-corrected chi connectivity index (χ1v) is 8.49. The first kappa shape index (κ1) is 18.0. The molecule has 0 aromatic heterocycles. The quantitative estimate of drug-likeness (QED) is 0.609. The molecule has 2 aromatic carbocycles. The van der Waals surface area contributed by atoms with E-state index in [1.54, 1.807) is 6.08 Å². The minimum absolute atomic E-state index is 0.0870. The molecule has 0 radical (unpaired) electrons. The Hall–Kier alpha value is -2.76. The molecule has 0 heterocycles. The van der Waals surface area contributed by atoms with E-state index in [4.69, 9.17) is 4.74 Å². The number of aliphatic hydroxyl groups is 1. The molecule has 1 atom stereocenters. The van der Waals surface area contributed by atoms with Crippen molar-refractivity contribution < 1.29 is 14.8 Å². The molecule has 0 saturated carbocycles. The summed E-state index contributed by atoms with van der Waals surface area (Å²) in [6, 6.07) is 17.5. The molecular formula is C21H21NO4. The SMILES string of the molecule is O=[N+]([O-])C1=CCC(COCc2ccccc2)(c2ccccc2CO)C=C1. The molecule has 5 nitrogen and oxygen atoms in total. The Morgan fingerprint density at radius 1 is 1.12 bits per heavy atom. The molecule has 134 valence electrons. The van der Waals surface area contributed by atoms with Crippen molar-refractivity contribution in [2.45, 2.75) is 25.0 Å². The fourth-order valence-corrected chi connectivity index (χ4v) is 3.26. The number of nitro groups is 1. The average molecular weight is 351 g/mol. The van der Waals surface area contributed by atoms with Crippen LogP contribution in [0.2, 0.25) is 0 Å². The summed E-state index contributed by atoms with van der Waals surface area (Å²) in [5.41, 5.74) is 2.36. The second-order valence-corrected chi connectivity index (χ2v) is 6.37. The summed E-state index contributed by atoms with van der Waals surface area (Å²) < 4.78 is 5.98. The Balaban J connectivity index is 1.85. The van der Waals surface area contributed by atoms with Gasteiger partial charge in [-0.1, -0.05) is 60.7 Å². The van der Waals surface area contributed by atoms with Gasteiger partial charge in [-0.25, -0.2) is 0 Å². The van der Waals surface area contributed by atoms with Crippen LogP contribution in [-0.2, 0) is 23.4 Å². The van der Waals surface area contributed by atoms with E-state index in [0.717, 1.165) is 16.7 Å². The lowest BCUT2D eigenvalue weighted by atomic mass is 9.74. The topological polar surface area (TPSA) is 72.6 Å². The Morgan fingerprint density at radius 2 is 1.85 bits per heavy atom. The minimum Gasteiger partial charge on any atom is -0.392 e. The van der Waals surface area contributed by atoms with Gasteiger partial charge in [-0.2, -0.15) is 0 Å². The van der Waals surface area contributed by atoms with E-state index in [-0.39, 0.29) is 17.2 Å².